The van der Waals surface area contributed by atoms with E-state index in [0.717, 1.165) is 122 Å². The van der Waals surface area contributed by atoms with E-state index in [-0.39, 0.29) is 46.4 Å². The van der Waals surface area contributed by atoms with Crippen LogP contribution in [0.5, 0.6) is 5.75 Å². The summed E-state index contributed by atoms with van der Waals surface area (Å²) in [4.78, 5) is 6.22. The summed E-state index contributed by atoms with van der Waals surface area (Å²) in [6, 6.07) is 54.9. The van der Waals surface area contributed by atoms with Crippen molar-refractivity contribution in [2.45, 2.75) is 129 Å². The molecule has 11 aliphatic rings. The van der Waals surface area contributed by atoms with Crippen molar-refractivity contribution in [2.24, 2.45) is 11.8 Å². The molecule has 500 valence electrons. The zero-order chi connectivity index (χ0) is 67.8. The Kier molecular flexibility index (Phi) is 16.4. The van der Waals surface area contributed by atoms with Gasteiger partial charge in [-0.15, -0.1) is 18.3 Å². The quantitative estimate of drug-likeness (QED) is 0.0898. The molecule has 7 aromatic rings. The smallest absolute Gasteiger partial charge is 0.126 e. The Labute approximate surface area is 597 Å². The number of hydrogen-bond donors (Lipinski definition) is 0. The Morgan fingerprint density at radius 2 is 1.40 bits per heavy atom. The number of halogens is 2. The van der Waals surface area contributed by atoms with Crippen LogP contribution in [-0.2, 0) is 15.6 Å². The van der Waals surface area contributed by atoms with Gasteiger partial charge in [-0.2, -0.15) is 0 Å². The van der Waals surface area contributed by atoms with Crippen molar-refractivity contribution >= 4 is 52.2 Å². The Morgan fingerprint density at radius 3 is 2.16 bits per heavy atom. The maximum atomic E-state index is 15.3. The van der Waals surface area contributed by atoms with Crippen molar-refractivity contribution in [3.8, 4) is 16.9 Å². The molecule has 10 aliphatic carbocycles. The van der Waals surface area contributed by atoms with Gasteiger partial charge in [-0.1, -0.05) is 176 Å². The maximum absolute atomic E-state index is 15.3. The zero-order valence-electron chi connectivity index (χ0n) is 57.0. The number of thioether (sulfide) groups is 1. The minimum Gasteiger partial charge on any atom is -0.491 e. The SMILES string of the molecule is C=CC1=CC=C(Oc2ccc(C3(C4=CC=CCC4)c4ccccc4-c4ccc(N(c5ccc(F)cc5)c5ccc6c(c5)=CC5c7cc(N(C8C=CC(F)=CC8)C8C=CC9=C(C8)C(C8=CCC(OC%10=CCC(C=C)CC%10)C=C8)(C8CC=CCC8)c8ccccc89)ccc7SC5C=6)cc43)cc2)CC1. The molecule has 0 N–H and O–H groups in total. The predicted molar refractivity (Wildman–Crippen MR) is 413 cm³/mol. The summed E-state index contributed by atoms with van der Waals surface area (Å²) < 4.78 is 43.8. The lowest BCUT2D eigenvalue weighted by atomic mass is 9.58. The highest BCUT2D eigenvalue weighted by Crippen LogP contribution is 2.63. The predicted octanol–water partition coefficient (Wildman–Crippen LogP) is 22.4. The summed E-state index contributed by atoms with van der Waals surface area (Å²) in [5, 5.41) is 2.56. The molecule has 1 aliphatic heterocycles. The first-order valence-electron chi connectivity index (χ1n) is 36.7. The van der Waals surface area contributed by atoms with Crippen molar-refractivity contribution in [2.75, 3.05) is 9.80 Å². The van der Waals surface area contributed by atoms with Crippen molar-refractivity contribution in [1.29, 1.82) is 0 Å². The fourth-order valence-electron chi connectivity index (χ4n) is 18.9. The summed E-state index contributed by atoms with van der Waals surface area (Å²) in [6.45, 7) is 8.05. The van der Waals surface area contributed by atoms with E-state index in [4.69, 9.17) is 9.47 Å². The third-order valence-corrected chi connectivity index (χ3v) is 25.0. The molecule has 9 unspecified atom stereocenters. The summed E-state index contributed by atoms with van der Waals surface area (Å²) in [6.07, 6.45) is 56.9. The van der Waals surface area contributed by atoms with E-state index in [1.807, 2.05) is 30.0 Å². The van der Waals surface area contributed by atoms with Gasteiger partial charge in [-0.3, -0.25) is 0 Å². The van der Waals surface area contributed by atoms with Crippen LogP contribution in [0.3, 0.4) is 0 Å². The van der Waals surface area contributed by atoms with Crippen LogP contribution in [-0.4, -0.2) is 23.4 Å². The van der Waals surface area contributed by atoms with Gasteiger partial charge in [0.2, 0.25) is 0 Å². The standard InChI is InChI=1S/C94H82F2N2O2S/c1-3-61-23-44-77(45-24-61)99-79-48-28-67(29-49-79)93(65-15-7-5-8-16-65)87-21-13-11-19-81(87)83-52-41-75(59-89(83)93)97(71-37-32-69(95)33-38-71)73-36-27-63-57-92-85(56-64(63)55-73)86-58-74(43-54-91(86)101-92)98(72-39-34-70(96)35-40-72)76-42-53-84-82-20-12-14-22-88(82)94(90(84)60-76,66-17-9-6-10-18-66)68-30-50-80(51-31-68)100-78-46-25-62(4-2)26-47-78/h3-7,9,11-15,19-23,27-39,41-44,46,48-50,52-59,62,66,72,76,80,85,92H,1-2,8,10,16-18,24-26,40,45,47,51,60H2. The van der Waals surface area contributed by atoms with E-state index in [1.54, 1.807) is 24.3 Å². The van der Waals surface area contributed by atoms with Gasteiger partial charge >= 0.3 is 0 Å². The first-order chi connectivity index (χ1) is 49.7. The molecule has 1 heterocycles. The van der Waals surface area contributed by atoms with Crippen LogP contribution < -0.4 is 25.0 Å². The van der Waals surface area contributed by atoms with Gasteiger partial charge in [0.25, 0.3) is 0 Å². The second-order valence-electron chi connectivity index (χ2n) is 29.0. The van der Waals surface area contributed by atoms with E-state index in [0.29, 0.717) is 18.3 Å². The molecule has 0 saturated carbocycles. The monoisotopic (exact) mass is 1340 g/mol. The van der Waals surface area contributed by atoms with Crippen LogP contribution in [0.15, 0.2) is 319 Å². The van der Waals surface area contributed by atoms with Crippen LogP contribution in [0.25, 0.3) is 28.9 Å². The Hall–Kier alpha value is -9.95. The minimum atomic E-state index is -0.609. The molecule has 0 saturated heterocycles. The third kappa shape index (κ3) is 11.0. The van der Waals surface area contributed by atoms with Crippen LogP contribution in [0.4, 0.5) is 31.5 Å². The van der Waals surface area contributed by atoms with Gasteiger partial charge in [0, 0.05) is 63.5 Å². The normalized spacial score (nSPS) is 26.1. The number of fused-ring (bicyclic) bond motifs is 9. The molecule has 101 heavy (non-hydrogen) atoms. The second kappa shape index (κ2) is 26.2. The number of allylic oxidation sites excluding steroid dienone is 20. The van der Waals surface area contributed by atoms with Gasteiger partial charge in [0.15, 0.2) is 0 Å². The number of ether oxygens (including phenoxy) is 2. The molecule has 0 aromatic heterocycles. The lowest BCUT2D eigenvalue weighted by Crippen LogP contribution is -2.46. The number of benzene rings is 7. The largest absolute Gasteiger partial charge is 0.491 e. The lowest BCUT2D eigenvalue weighted by Gasteiger charge is -2.47. The van der Waals surface area contributed by atoms with E-state index >= 15 is 8.78 Å². The average Bonchev–Trinajstić information content (AvgIpc) is 1.55. The first-order valence-corrected chi connectivity index (χ1v) is 37.6. The van der Waals surface area contributed by atoms with E-state index in [1.165, 1.54) is 82.5 Å². The molecular weight excluding hydrogens is 1260 g/mol. The summed E-state index contributed by atoms with van der Waals surface area (Å²) >= 11 is 1.95. The molecule has 4 nitrogen and oxygen atoms in total. The molecule has 0 bridgehead atoms. The van der Waals surface area contributed by atoms with Gasteiger partial charge in [0.1, 0.15) is 29.3 Å². The van der Waals surface area contributed by atoms with Crippen LogP contribution >= 0.6 is 11.8 Å². The van der Waals surface area contributed by atoms with Crippen molar-refractivity contribution in [3.05, 3.63) is 363 Å². The Balaban J connectivity index is 0.702. The highest BCUT2D eigenvalue weighted by molar-refractivity contribution is 8.00. The van der Waals surface area contributed by atoms with E-state index in [2.05, 4.69) is 254 Å². The first kappa shape index (κ1) is 63.2. The number of rotatable bonds is 16. The number of nitrogens with zero attached hydrogens (tertiary/aromatic N) is 2. The van der Waals surface area contributed by atoms with Crippen molar-refractivity contribution < 1.29 is 18.3 Å². The highest BCUT2D eigenvalue weighted by atomic mass is 32.2. The molecule has 18 rings (SSSR count). The van der Waals surface area contributed by atoms with Gasteiger partial charge in [-0.05, 0) is 263 Å². The fourth-order valence-corrected chi connectivity index (χ4v) is 20.2. The molecule has 0 spiro atoms. The van der Waals surface area contributed by atoms with Gasteiger partial charge in [0.05, 0.1) is 23.3 Å². The minimum absolute atomic E-state index is 0.00595. The second-order valence-corrected chi connectivity index (χ2v) is 30.3. The molecule has 7 heteroatoms. The number of anilines is 4. The molecule has 0 radical (unpaired) electrons. The molecule has 7 aromatic carbocycles. The van der Waals surface area contributed by atoms with Crippen LogP contribution in [0.1, 0.15) is 123 Å². The van der Waals surface area contributed by atoms with Gasteiger partial charge < -0.3 is 19.3 Å². The summed E-state index contributed by atoms with van der Waals surface area (Å²) in [5.74, 6) is 3.40. The van der Waals surface area contributed by atoms with Crippen LogP contribution in [0.2, 0.25) is 0 Å². The topological polar surface area (TPSA) is 24.9 Å². The summed E-state index contributed by atoms with van der Waals surface area (Å²) in [7, 11) is 0. The summed E-state index contributed by atoms with van der Waals surface area (Å²) in [5.41, 5.74) is 20.0. The van der Waals surface area contributed by atoms with Gasteiger partial charge in [-0.25, -0.2) is 8.78 Å². The van der Waals surface area contributed by atoms with Crippen LogP contribution in [0, 0.1) is 17.7 Å². The maximum Gasteiger partial charge on any atom is 0.126 e. The lowest BCUT2D eigenvalue weighted by molar-refractivity contribution is 0.139. The highest BCUT2D eigenvalue weighted by Gasteiger charge is 2.53. The Bertz CT molecular complexity index is 5100. The van der Waals surface area contributed by atoms with Crippen molar-refractivity contribution in [3.63, 3.8) is 0 Å². The molecule has 0 amide bonds. The zero-order valence-corrected chi connectivity index (χ0v) is 57.8. The Morgan fingerprint density at radius 1 is 0.584 bits per heavy atom. The third-order valence-electron chi connectivity index (χ3n) is 23.6. The van der Waals surface area contributed by atoms with Crippen molar-refractivity contribution in [1.82, 2.24) is 0 Å². The molecular formula is C94H82F2N2O2S. The van der Waals surface area contributed by atoms with E-state index in [9.17, 15) is 0 Å². The van der Waals surface area contributed by atoms with E-state index < -0.39 is 5.41 Å². The molecule has 0 fully saturated rings. The number of hydrogen-bond acceptors (Lipinski definition) is 5. The molecule has 9 atom stereocenters. The fraction of sp³-hybridized carbons (Fsp3) is 0.234. The average molecular weight is 1340 g/mol.